The highest BCUT2D eigenvalue weighted by molar-refractivity contribution is 5.94. The second-order valence-corrected chi connectivity index (χ2v) is 6.81. The number of rotatable bonds is 13. The molecular weight excluding hydrogens is 360 g/mol. The fourth-order valence-corrected chi connectivity index (χ4v) is 2.92. The number of anilines is 1. The van der Waals surface area contributed by atoms with Gasteiger partial charge in [0.1, 0.15) is 11.5 Å². The molecule has 1 aliphatic rings. The first-order valence-electron chi connectivity index (χ1n) is 10.1. The highest BCUT2D eigenvalue weighted by atomic mass is 16.5. The van der Waals surface area contributed by atoms with Crippen molar-refractivity contribution in [1.29, 1.82) is 0 Å². The van der Waals surface area contributed by atoms with E-state index < -0.39 is 0 Å². The van der Waals surface area contributed by atoms with Gasteiger partial charge in [0, 0.05) is 19.2 Å². The molecule has 7 heteroatoms. The first-order valence-corrected chi connectivity index (χ1v) is 10.1. The summed E-state index contributed by atoms with van der Waals surface area (Å²) >= 11 is 0. The van der Waals surface area contributed by atoms with Crippen molar-refractivity contribution < 1.29 is 23.8 Å². The van der Waals surface area contributed by atoms with Gasteiger partial charge >= 0.3 is 5.97 Å². The van der Waals surface area contributed by atoms with Gasteiger partial charge in [0.25, 0.3) is 0 Å². The van der Waals surface area contributed by atoms with E-state index in [1.54, 1.807) is 19.1 Å². The summed E-state index contributed by atoms with van der Waals surface area (Å²) in [4.78, 5) is 26.3. The lowest BCUT2D eigenvalue weighted by molar-refractivity contribution is -0.143. The number of esters is 1. The van der Waals surface area contributed by atoms with Gasteiger partial charge in [0.05, 0.1) is 38.5 Å². The first-order chi connectivity index (χ1) is 13.5. The van der Waals surface area contributed by atoms with E-state index in [0.717, 1.165) is 6.54 Å². The molecule has 1 fully saturated rings. The standard InChI is InChI=1S/C21H32N2O5/c1-4-26-17-9-10-19(27-5-2)18(13-17)22-20(24)15-23(14-16-7-8-16)12-11-21(25)28-6-3/h9-10,13,16H,4-8,11-12,14-15H2,1-3H3,(H,22,24). The van der Waals surface area contributed by atoms with Crippen molar-refractivity contribution in [2.75, 3.05) is 44.8 Å². The van der Waals surface area contributed by atoms with Gasteiger partial charge < -0.3 is 19.5 Å². The maximum Gasteiger partial charge on any atom is 0.307 e. The molecule has 156 valence electrons. The van der Waals surface area contributed by atoms with Crippen molar-refractivity contribution >= 4 is 17.6 Å². The van der Waals surface area contributed by atoms with Crippen LogP contribution in [0.5, 0.6) is 11.5 Å². The maximum absolute atomic E-state index is 12.7. The minimum absolute atomic E-state index is 0.140. The summed E-state index contributed by atoms with van der Waals surface area (Å²) < 4.78 is 16.1. The monoisotopic (exact) mass is 392 g/mol. The van der Waals surface area contributed by atoms with Crippen LogP contribution < -0.4 is 14.8 Å². The van der Waals surface area contributed by atoms with Crippen LogP contribution in [0.1, 0.15) is 40.0 Å². The van der Waals surface area contributed by atoms with Crippen LogP contribution in [-0.4, -0.2) is 56.2 Å². The number of ether oxygens (including phenoxy) is 3. The van der Waals surface area contributed by atoms with Crippen LogP contribution in [-0.2, 0) is 14.3 Å². The SMILES string of the molecule is CCOC(=O)CCN(CC(=O)Nc1cc(OCC)ccc1OCC)CC1CC1. The molecule has 7 nitrogen and oxygen atoms in total. The lowest BCUT2D eigenvalue weighted by atomic mass is 10.2. The van der Waals surface area contributed by atoms with E-state index in [-0.39, 0.29) is 24.8 Å². The average molecular weight is 392 g/mol. The molecule has 0 unspecified atom stereocenters. The molecule has 28 heavy (non-hydrogen) atoms. The average Bonchev–Trinajstić information content (AvgIpc) is 3.46. The molecule has 1 amide bonds. The number of benzene rings is 1. The number of carbonyl (C=O) groups excluding carboxylic acids is 2. The van der Waals surface area contributed by atoms with Gasteiger partial charge in [-0.15, -0.1) is 0 Å². The molecule has 1 aromatic carbocycles. The quantitative estimate of drug-likeness (QED) is 0.520. The van der Waals surface area contributed by atoms with Crippen LogP contribution in [0.25, 0.3) is 0 Å². The second kappa shape index (κ2) is 11.5. The zero-order valence-electron chi connectivity index (χ0n) is 17.2. The third kappa shape index (κ3) is 7.76. The van der Waals surface area contributed by atoms with Crippen LogP contribution in [0, 0.1) is 5.92 Å². The van der Waals surface area contributed by atoms with Crippen LogP contribution >= 0.6 is 0 Å². The molecular formula is C21H32N2O5. The van der Waals surface area contributed by atoms with E-state index in [1.165, 1.54) is 12.8 Å². The molecule has 0 radical (unpaired) electrons. The summed E-state index contributed by atoms with van der Waals surface area (Å²) in [5, 5.41) is 2.93. The lowest BCUT2D eigenvalue weighted by Crippen LogP contribution is -2.36. The van der Waals surface area contributed by atoms with Crippen LogP contribution in [0.4, 0.5) is 5.69 Å². The Morgan fingerprint density at radius 1 is 1.11 bits per heavy atom. The Labute approximate surface area is 167 Å². The molecule has 1 saturated carbocycles. The first kappa shape index (κ1) is 22.0. The Morgan fingerprint density at radius 2 is 1.86 bits per heavy atom. The Morgan fingerprint density at radius 3 is 2.50 bits per heavy atom. The summed E-state index contributed by atoms with van der Waals surface area (Å²) in [5.74, 6) is 1.54. The Kier molecular flexibility index (Phi) is 9.07. The van der Waals surface area contributed by atoms with Crippen molar-refractivity contribution in [3.05, 3.63) is 18.2 Å². The number of nitrogens with zero attached hydrogens (tertiary/aromatic N) is 1. The van der Waals surface area contributed by atoms with Crippen molar-refractivity contribution in [2.45, 2.75) is 40.0 Å². The van der Waals surface area contributed by atoms with Crippen molar-refractivity contribution in [3.63, 3.8) is 0 Å². The molecule has 1 aromatic rings. The van der Waals surface area contributed by atoms with Gasteiger partial charge in [-0.1, -0.05) is 0 Å². The zero-order valence-corrected chi connectivity index (χ0v) is 17.2. The topological polar surface area (TPSA) is 77.1 Å². The Balaban J connectivity index is 1.98. The van der Waals surface area contributed by atoms with E-state index in [9.17, 15) is 9.59 Å². The molecule has 0 atom stereocenters. The van der Waals surface area contributed by atoms with Crippen molar-refractivity contribution in [2.24, 2.45) is 5.92 Å². The van der Waals surface area contributed by atoms with Crippen molar-refractivity contribution in [1.82, 2.24) is 4.90 Å². The van der Waals surface area contributed by atoms with E-state index >= 15 is 0 Å². The van der Waals surface area contributed by atoms with Gasteiger partial charge in [0.15, 0.2) is 0 Å². The molecule has 0 saturated heterocycles. The molecule has 2 rings (SSSR count). The fraction of sp³-hybridized carbons (Fsp3) is 0.619. The third-order valence-corrected chi connectivity index (χ3v) is 4.35. The molecule has 1 aliphatic carbocycles. The molecule has 1 N–H and O–H groups in total. The van der Waals surface area contributed by atoms with E-state index in [2.05, 4.69) is 5.32 Å². The minimum atomic E-state index is -0.230. The number of nitrogens with one attached hydrogen (secondary N) is 1. The predicted molar refractivity (Wildman–Crippen MR) is 108 cm³/mol. The second-order valence-electron chi connectivity index (χ2n) is 6.81. The summed E-state index contributed by atoms with van der Waals surface area (Å²) in [6.07, 6.45) is 2.66. The summed E-state index contributed by atoms with van der Waals surface area (Å²) in [6.45, 7) is 8.58. The number of hydrogen-bond donors (Lipinski definition) is 1. The highest BCUT2D eigenvalue weighted by Gasteiger charge is 2.26. The number of amides is 1. The predicted octanol–water partition coefficient (Wildman–Crippen LogP) is 3.09. The van der Waals surface area contributed by atoms with Gasteiger partial charge in [-0.25, -0.2) is 0 Å². The smallest absolute Gasteiger partial charge is 0.307 e. The van der Waals surface area contributed by atoms with Crippen molar-refractivity contribution in [3.8, 4) is 11.5 Å². The zero-order chi connectivity index (χ0) is 20.4. The molecule has 0 aromatic heterocycles. The molecule has 0 aliphatic heterocycles. The van der Waals surface area contributed by atoms with E-state index in [4.69, 9.17) is 14.2 Å². The number of hydrogen-bond acceptors (Lipinski definition) is 6. The van der Waals surface area contributed by atoms with E-state index in [0.29, 0.717) is 49.5 Å². The molecule has 0 heterocycles. The largest absolute Gasteiger partial charge is 0.494 e. The van der Waals surface area contributed by atoms with Gasteiger partial charge in [-0.3, -0.25) is 14.5 Å². The number of carbonyl (C=O) groups is 2. The van der Waals surface area contributed by atoms with E-state index in [1.807, 2.05) is 24.8 Å². The Bertz CT molecular complexity index is 646. The van der Waals surface area contributed by atoms with Crippen LogP contribution in [0.15, 0.2) is 18.2 Å². The highest BCUT2D eigenvalue weighted by Crippen LogP contribution is 2.31. The van der Waals surface area contributed by atoms with Gasteiger partial charge in [-0.05, 0) is 51.7 Å². The summed E-state index contributed by atoms with van der Waals surface area (Å²) in [7, 11) is 0. The van der Waals surface area contributed by atoms with Gasteiger partial charge in [-0.2, -0.15) is 0 Å². The fourth-order valence-electron chi connectivity index (χ4n) is 2.92. The normalized spacial score (nSPS) is 13.3. The Hall–Kier alpha value is -2.28. The van der Waals surface area contributed by atoms with Crippen LogP contribution in [0.3, 0.4) is 0 Å². The van der Waals surface area contributed by atoms with Gasteiger partial charge in [0.2, 0.25) is 5.91 Å². The van der Waals surface area contributed by atoms with Crippen LogP contribution in [0.2, 0.25) is 0 Å². The maximum atomic E-state index is 12.7. The third-order valence-electron chi connectivity index (χ3n) is 4.35. The summed E-state index contributed by atoms with van der Waals surface area (Å²) in [5.41, 5.74) is 0.592. The lowest BCUT2D eigenvalue weighted by Gasteiger charge is -2.22. The molecule has 0 bridgehead atoms. The minimum Gasteiger partial charge on any atom is -0.494 e. The summed E-state index contributed by atoms with van der Waals surface area (Å²) in [6, 6.07) is 5.39. The molecule has 0 spiro atoms.